The highest BCUT2D eigenvalue weighted by Gasteiger charge is 2.16. The molecule has 3 rings (SSSR count). The minimum Gasteiger partial charge on any atom is -0.439 e. The van der Waals surface area contributed by atoms with Crippen molar-refractivity contribution in [2.24, 2.45) is 0 Å². The van der Waals surface area contributed by atoms with Crippen molar-refractivity contribution in [3.8, 4) is 11.6 Å². The molecule has 0 spiro atoms. The molecule has 1 heterocycles. The minimum atomic E-state index is -3.63. The van der Waals surface area contributed by atoms with Crippen LogP contribution in [-0.2, 0) is 16.6 Å². The fraction of sp³-hybridized carbons (Fsp3) is 0.150. The number of aromatic nitrogens is 1. The van der Waals surface area contributed by atoms with Gasteiger partial charge in [0.05, 0.1) is 4.90 Å². The summed E-state index contributed by atoms with van der Waals surface area (Å²) in [7, 11) is -3.63. The van der Waals surface area contributed by atoms with Gasteiger partial charge in [-0.2, -0.15) is 0 Å². The first kappa shape index (κ1) is 19.0. The molecule has 1 N–H and O–H groups in total. The zero-order valence-corrected chi connectivity index (χ0v) is 15.8. The highest BCUT2D eigenvalue weighted by Crippen LogP contribution is 2.20. The van der Waals surface area contributed by atoms with E-state index in [1.54, 1.807) is 43.3 Å². The molecule has 5 nitrogen and oxygen atoms in total. The molecular formula is C20H19FN2O3S. The third-order valence-electron chi connectivity index (χ3n) is 3.92. The number of aryl methyl sites for hydroxylation is 2. The molecule has 0 aliphatic carbocycles. The lowest BCUT2D eigenvalue weighted by molar-refractivity contribution is 0.457. The maximum atomic E-state index is 13.2. The second-order valence-corrected chi connectivity index (χ2v) is 7.89. The Bertz CT molecular complexity index is 1050. The van der Waals surface area contributed by atoms with Crippen molar-refractivity contribution >= 4 is 10.0 Å². The van der Waals surface area contributed by atoms with Gasteiger partial charge in [0, 0.05) is 24.9 Å². The van der Waals surface area contributed by atoms with Crippen LogP contribution in [0.3, 0.4) is 0 Å². The van der Waals surface area contributed by atoms with Crippen molar-refractivity contribution in [2.45, 2.75) is 25.3 Å². The number of sulfonamides is 1. The first-order valence-electron chi connectivity index (χ1n) is 8.29. The Labute approximate surface area is 157 Å². The molecule has 0 saturated heterocycles. The third-order valence-corrected chi connectivity index (χ3v) is 5.46. The monoisotopic (exact) mass is 386 g/mol. The van der Waals surface area contributed by atoms with Crippen LogP contribution in [0.4, 0.5) is 4.39 Å². The van der Waals surface area contributed by atoms with Gasteiger partial charge in [0.25, 0.3) is 0 Å². The van der Waals surface area contributed by atoms with Gasteiger partial charge in [-0.1, -0.05) is 24.3 Å². The van der Waals surface area contributed by atoms with E-state index in [-0.39, 0.29) is 11.4 Å². The van der Waals surface area contributed by atoms with Crippen molar-refractivity contribution in [2.75, 3.05) is 0 Å². The normalized spacial score (nSPS) is 11.4. The molecule has 2 aromatic carbocycles. The maximum Gasteiger partial charge on any atom is 0.241 e. The summed E-state index contributed by atoms with van der Waals surface area (Å²) < 4.78 is 46.3. The summed E-state index contributed by atoms with van der Waals surface area (Å²) in [6.45, 7) is 3.71. The predicted molar refractivity (Wildman–Crippen MR) is 101 cm³/mol. The summed E-state index contributed by atoms with van der Waals surface area (Å²) in [5.41, 5.74) is 2.24. The quantitative estimate of drug-likeness (QED) is 0.692. The van der Waals surface area contributed by atoms with E-state index < -0.39 is 15.8 Å². The largest absolute Gasteiger partial charge is 0.439 e. The average molecular weight is 386 g/mol. The van der Waals surface area contributed by atoms with Crippen LogP contribution in [-0.4, -0.2) is 13.4 Å². The SMILES string of the molecule is Cc1ccc(C)c(S(=O)(=O)NCc2ccc(Oc3cccc(F)c3)nc2)c1. The van der Waals surface area contributed by atoms with E-state index in [0.717, 1.165) is 5.56 Å². The molecule has 0 bridgehead atoms. The molecule has 0 aliphatic heterocycles. The minimum absolute atomic E-state index is 0.100. The highest BCUT2D eigenvalue weighted by molar-refractivity contribution is 7.89. The summed E-state index contributed by atoms with van der Waals surface area (Å²) in [4.78, 5) is 4.39. The van der Waals surface area contributed by atoms with Gasteiger partial charge < -0.3 is 4.74 Å². The van der Waals surface area contributed by atoms with Crippen LogP contribution >= 0.6 is 0 Å². The Hall–Kier alpha value is -2.77. The molecule has 140 valence electrons. The third kappa shape index (κ3) is 4.90. The molecule has 0 amide bonds. The van der Waals surface area contributed by atoms with E-state index in [4.69, 9.17) is 4.74 Å². The van der Waals surface area contributed by atoms with Crippen LogP contribution in [0.2, 0.25) is 0 Å². The number of hydrogen-bond acceptors (Lipinski definition) is 4. The Morgan fingerprint density at radius 3 is 2.59 bits per heavy atom. The molecule has 27 heavy (non-hydrogen) atoms. The lowest BCUT2D eigenvalue weighted by atomic mass is 10.2. The van der Waals surface area contributed by atoms with Crippen LogP contribution < -0.4 is 9.46 Å². The number of halogens is 1. The van der Waals surface area contributed by atoms with E-state index in [9.17, 15) is 12.8 Å². The topological polar surface area (TPSA) is 68.3 Å². The maximum absolute atomic E-state index is 13.2. The Morgan fingerprint density at radius 1 is 1.07 bits per heavy atom. The predicted octanol–water partition coefficient (Wildman–Crippen LogP) is 4.11. The van der Waals surface area contributed by atoms with Crippen molar-refractivity contribution < 1.29 is 17.5 Å². The Balaban J connectivity index is 1.67. The van der Waals surface area contributed by atoms with Gasteiger partial charge in [-0.3, -0.25) is 0 Å². The second kappa shape index (κ2) is 7.85. The standard InChI is InChI=1S/C20H19FN2O3S/c1-14-6-7-15(2)19(10-14)27(24,25)23-13-16-8-9-20(22-12-16)26-18-5-3-4-17(21)11-18/h3-12,23H,13H2,1-2H3. The summed E-state index contributed by atoms with van der Waals surface area (Å²) in [5, 5.41) is 0. The van der Waals surface area contributed by atoms with Crippen LogP contribution in [0.5, 0.6) is 11.6 Å². The van der Waals surface area contributed by atoms with E-state index >= 15 is 0 Å². The van der Waals surface area contributed by atoms with Gasteiger partial charge in [0.1, 0.15) is 11.6 Å². The van der Waals surface area contributed by atoms with Crippen LogP contribution in [0, 0.1) is 19.7 Å². The number of ether oxygens (including phenoxy) is 1. The molecular weight excluding hydrogens is 367 g/mol. The van der Waals surface area contributed by atoms with Crippen LogP contribution in [0.1, 0.15) is 16.7 Å². The fourth-order valence-corrected chi connectivity index (χ4v) is 3.83. The summed E-state index contributed by atoms with van der Waals surface area (Å²) >= 11 is 0. The summed E-state index contributed by atoms with van der Waals surface area (Å²) in [5.74, 6) is 0.234. The number of hydrogen-bond donors (Lipinski definition) is 1. The lowest BCUT2D eigenvalue weighted by Crippen LogP contribution is -2.24. The lowest BCUT2D eigenvalue weighted by Gasteiger charge is -2.10. The van der Waals surface area contributed by atoms with Crippen LogP contribution in [0.25, 0.3) is 0 Å². The van der Waals surface area contributed by atoms with Gasteiger partial charge in [-0.05, 0) is 48.7 Å². The van der Waals surface area contributed by atoms with Gasteiger partial charge in [0.2, 0.25) is 15.9 Å². The molecule has 0 unspecified atom stereocenters. The smallest absolute Gasteiger partial charge is 0.241 e. The van der Waals surface area contributed by atoms with Crippen molar-refractivity contribution in [3.63, 3.8) is 0 Å². The molecule has 0 fully saturated rings. The first-order valence-corrected chi connectivity index (χ1v) is 9.77. The molecule has 1 aromatic heterocycles. The number of pyridine rings is 1. The van der Waals surface area contributed by atoms with Crippen LogP contribution in [0.15, 0.2) is 65.7 Å². The van der Waals surface area contributed by atoms with Gasteiger partial charge >= 0.3 is 0 Å². The number of nitrogens with one attached hydrogen (secondary N) is 1. The highest BCUT2D eigenvalue weighted by atomic mass is 32.2. The molecule has 0 atom stereocenters. The molecule has 0 radical (unpaired) electrons. The molecule has 0 saturated carbocycles. The second-order valence-electron chi connectivity index (χ2n) is 6.16. The number of benzene rings is 2. The number of rotatable bonds is 6. The summed E-state index contributed by atoms with van der Waals surface area (Å²) in [6, 6.07) is 14.3. The van der Waals surface area contributed by atoms with Crippen molar-refractivity contribution in [1.82, 2.24) is 9.71 Å². The average Bonchev–Trinajstić information content (AvgIpc) is 2.63. The van der Waals surface area contributed by atoms with E-state index in [1.165, 1.54) is 18.3 Å². The molecule has 7 heteroatoms. The molecule has 3 aromatic rings. The first-order chi connectivity index (χ1) is 12.8. The van der Waals surface area contributed by atoms with E-state index in [0.29, 0.717) is 22.8 Å². The van der Waals surface area contributed by atoms with Crippen molar-refractivity contribution in [3.05, 3.63) is 83.3 Å². The van der Waals surface area contributed by atoms with Gasteiger partial charge in [-0.25, -0.2) is 22.5 Å². The zero-order chi connectivity index (χ0) is 19.4. The molecule has 0 aliphatic rings. The van der Waals surface area contributed by atoms with Gasteiger partial charge in [0.15, 0.2) is 0 Å². The Kier molecular flexibility index (Phi) is 5.53. The summed E-state index contributed by atoms with van der Waals surface area (Å²) in [6.07, 6.45) is 1.51. The van der Waals surface area contributed by atoms with Gasteiger partial charge in [-0.15, -0.1) is 0 Å². The Morgan fingerprint density at radius 2 is 1.89 bits per heavy atom. The van der Waals surface area contributed by atoms with E-state index in [2.05, 4.69) is 9.71 Å². The van der Waals surface area contributed by atoms with E-state index in [1.807, 2.05) is 13.0 Å². The zero-order valence-electron chi connectivity index (χ0n) is 14.9. The van der Waals surface area contributed by atoms with Crippen molar-refractivity contribution in [1.29, 1.82) is 0 Å². The fourth-order valence-electron chi connectivity index (χ4n) is 2.48. The number of nitrogens with zero attached hydrogens (tertiary/aromatic N) is 1.